The number of benzene rings is 3. The molecule has 3 N–H and O–H groups in total. The zero-order valence-electron chi connectivity index (χ0n) is 16.6. The van der Waals surface area contributed by atoms with E-state index in [4.69, 9.17) is 0 Å². The molecule has 0 saturated heterocycles. The number of nitrogens with one attached hydrogen (secondary N) is 3. The molecule has 0 fully saturated rings. The average molecular weight is 425 g/mol. The minimum absolute atomic E-state index is 0.0171. The molecule has 0 heterocycles. The van der Waals surface area contributed by atoms with Gasteiger partial charge in [-0.25, -0.2) is 4.79 Å². The topological polar surface area (TPSA) is 79.5 Å². The highest BCUT2D eigenvalue weighted by atomic mass is 19.3. The smallest absolute Gasteiger partial charge is 0.387 e. The fourth-order valence-electron chi connectivity index (χ4n) is 2.87. The van der Waals surface area contributed by atoms with Gasteiger partial charge in [0, 0.05) is 16.9 Å². The molecule has 0 saturated carbocycles. The molecule has 3 aromatic carbocycles. The number of hydrogen-bond acceptors (Lipinski definition) is 3. The second-order valence-electron chi connectivity index (χ2n) is 6.67. The second kappa shape index (κ2) is 10.2. The van der Waals surface area contributed by atoms with E-state index in [2.05, 4.69) is 20.7 Å². The SMILES string of the molecule is CC(NC(=O)Nc1cccc(NC(=O)c2ccccc2)c1)c1cccc(OC(F)F)c1. The second-order valence-corrected chi connectivity index (χ2v) is 6.67. The first-order chi connectivity index (χ1) is 14.9. The van der Waals surface area contributed by atoms with Crippen molar-refractivity contribution in [2.24, 2.45) is 0 Å². The van der Waals surface area contributed by atoms with Gasteiger partial charge in [0.2, 0.25) is 0 Å². The minimum Gasteiger partial charge on any atom is -0.435 e. The van der Waals surface area contributed by atoms with Gasteiger partial charge < -0.3 is 20.7 Å². The highest BCUT2D eigenvalue weighted by Gasteiger charge is 2.12. The number of halogens is 2. The Labute approximate surface area is 178 Å². The number of amides is 3. The van der Waals surface area contributed by atoms with Crippen LogP contribution >= 0.6 is 0 Å². The van der Waals surface area contributed by atoms with E-state index in [1.165, 1.54) is 12.1 Å². The lowest BCUT2D eigenvalue weighted by molar-refractivity contribution is -0.0499. The fraction of sp³-hybridized carbons (Fsp3) is 0.130. The van der Waals surface area contributed by atoms with Gasteiger partial charge in [-0.15, -0.1) is 0 Å². The van der Waals surface area contributed by atoms with Crippen LogP contribution in [0.4, 0.5) is 25.0 Å². The molecule has 0 aliphatic heterocycles. The van der Waals surface area contributed by atoms with Crippen molar-refractivity contribution in [3.05, 3.63) is 90.0 Å². The van der Waals surface area contributed by atoms with Crippen molar-refractivity contribution >= 4 is 23.3 Å². The molecule has 3 aromatic rings. The van der Waals surface area contributed by atoms with Crippen LogP contribution < -0.4 is 20.7 Å². The van der Waals surface area contributed by atoms with Crippen LogP contribution in [0, 0.1) is 0 Å². The molecule has 0 radical (unpaired) electrons. The predicted molar refractivity (Wildman–Crippen MR) is 114 cm³/mol. The molecule has 3 amide bonds. The Balaban J connectivity index is 1.59. The largest absolute Gasteiger partial charge is 0.435 e. The molecule has 160 valence electrons. The van der Waals surface area contributed by atoms with E-state index >= 15 is 0 Å². The van der Waals surface area contributed by atoms with E-state index in [-0.39, 0.29) is 11.7 Å². The van der Waals surface area contributed by atoms with E-state index < -0.39 is 18.7 Å². The molecule has 0 aliphatic rings. The van der Waals surface area contributed by atoms with Crippen LogP contribution in [0.2, 0.25) is 0 Å². The molecule has 1 unspecified atom stereocenters. The lowest BCUT2D eigenvalue weighted by atomic mass is 10.1. The highest BCUT2D eigenvalue weighted by Crippen LogP contribution is 2.21. The fourth-order valence-corrected chi connectivity index (χ4v) is 2.87. The molecule has 0 aromatic heterocycles. The van der Waals surface area contributed by atoms with Crippen LogP contribution in [0.15, 0.2) is 78.9 Å². The zero-order valence-corrected chi connectivity index (χ0v) is 16.6. The van der Waals surface area contributed by atoms with Crippen molar-refractivity contribution in [1.29, 1.82) is 0 Å². The lowest BCUT2D eigenvalue weighted by Gasteiger charge is -2.16. The van der Waals surface area contributed by atoms with Gasteiger partial charge in [-0.05, 0) is 55.0 Å². The number of ether oxygens (including phenoxy) is 1. The summed E-state index contributed by atoms with van der Waals surface area (Å²) in [6.07, 6.45) is 0. The van der Waals surface area contributed by atoms with Gasteiger partial charge in [0.05, 0.1) is 6.04 Å². The first-order valence-corrected chi connectivity index (χ1v) is 9.49. The summed E-state index contributed by atoms with van der Waals surface area (Å²) in [5.74, 6) is -0.245. The Morgan fingerprint density at radius 2 is 1.52 bits per heavy atom. The first-order valence-electron chi connectivity index (χ1n) is 9.49. The van der Waals surface area contributed by atoms with Crippen LogP contribution in [0.1, 0.15) is 28.9 Å². The van der Waals surface area contributed by atoms with Gasteiger partial charge in [0.25, 0.3) is 5.91 Å². The van der Waals surface area contributed by atoms with Gasteiger partial charge in [-0.1, -0.05) is 36.4 Å². The summed E-state index contributed by atoms with van der Waals surface area (Å²) in [4.78, 5) is 24.6. The Kier molecular flexibility index (Phi) is 7.16. The maximum atomic E-state index is 12.4. The molecular formula is C23H21F2N3O3. The Morgan fingerprint density at radius 1 is 0.839 bits per heavy atom. The van der Waals surface area contributed by atoms with Crippen LogP contribution in [0.3, 0.4) is 0 Å². The molecule has 0 bridgehead atoms. The van der Waals surface area contributed by atoms with Gasteiger partial charge in [0.1, 0.15) is 5.75 Å². The molecular weight excluding hydrogens is 404 g/mol. The minimum atomic E-state index is -2.92. The molecule has 3 rings (SSSR count). The lowest BCUT2D eigenvalue weighted by Crippen LogP contribution is -2.31. The van der Waals surface area contributed by atoms with Gasteiger partial charge in [0.15, 0.2) is 0 Å². The third-order valence-corrected chi connectivity index (χ3v) is 4.35. The van der Waals surface area contributed by atoms with Gasteiger partial charge in [-0.3, -0.25) is 4.79 Å². The number of carbonyl (C=O) groups excluding carboxylic acids is 2. The first kappa shape index (κ1) is 21.8. The molecule has 6 nitrogen and oxygen atoms in total. The molecule has 0 spiro atoms. The van der Waals surface area contributed by atoms with Crippen LogP contribution in [-0.4, -0.2) is 18.5 Å². The van der Waals surface area contributed by atoms with Gasteiger partial charge >= 0.3 is 12.6 Å². The molecule has 0 aliphatic carbocycles. The molecule has 31 heavy (non-hydrogen) atoms. The third kappa shape index (κ3) is 6.53. The van der Waals surface area contributed by atoms with Crippen LogP contribution in [0.25, 0.3) is 0 Å². The normalized spacial score (nSPS) is 11.5. The van der Waals surface area contributed by atoms with Gasteiger partial charge in [-0.2, -0.15) is 8.78 Å². The van der Waals surface area contributed by atoms with Crippen LogP contribution in [-0.2, 0) is 0 Å². The number of urea groups is 1. The quantitative estimate of drug-likeness (QED) is 0.473. The van der Waals surface area contributed by atoms with Crippen molar-refractivity contribution in [1.82, 2.24) is 5.32 Å². The third-order valence-electron chi connectivity index (χ3n) is 4.35. The zero-order chi connectivity index (χ0) is 22.2. The summed E-state index contributed by atoms with van der Waals surface area (Å²) in [6, 6.07) is 20.7. The summed E-state index contributed by atoms with van der Waals surface area (Å²) >= 11 is 0. The Morgan fingerprint density at radius 3 is 2.23 bits per heavy atom. The number of alkyl halides is 2. The van der Waals surface area contributed by atoms with Crippen LogP contribution in [0.5, 0.6) is 5.75 Å². The van der Waals surface area contributed by atoms with E-state index in [0.717, 1.165) is 0 Å². The van der Waals surface area contributed by atoms with Crippen molar-refractivity contribution in [2.75, 3.05) is 10.6 Å². The van der Waals surface area contributed by atoms with Crippen molar-refractivity contribution in [3.8, 4) is 5.75 Å². The highest BCUT2D eigenvalue weighted by molar-refractivity contribution is 6.04. The number of hydrogen-bond donors (Lipinski definition) is 3. The summed E-state index contributed by atoms with van der Waals surface area (Å²) < 4.78 is 29.2. The van der Waals surface area contributed by atoms with E-state index in [0.29, 0.717) is 22.5 Å². The number of rotatable bonds is 7. The molecule has 8 heteroatoms. The average Bonchev–Trinajstić information content (AvgIpc) is 2.74. The number of anilines is 2. The monoisotopic (exact) mass is 425 g/mol. The Bertz CT molecular complexity index is 1050. The maximum Gasteiger partial charge on any atom is 0.387 e. The standard InChI is InChI=1S/C23H21F2N3O3/c1-15(17-9-5-12-20(13-17)31-22(24)25)26-23(30)28-19-11-6-10-18(14-19)27-21(29)16-7-3-2-4-8-16/h2-15,22H,1H3,(H,27,29)(H2,26,28,30). The summed E-state index contributed by atoms with van der Waals surface area (Å²) in [6.45, 7) is -1.20. The number of carbonyl (C=O) groups is 2. The summed E-state index contributed by atoms with van der Waals surface area (Å²) in [5, 5.41) is 8.20. The van der Waals surface area contributed by atoms with E-state index in [1.807, 2.05) is 6.07 Å². The Hall–Kier alpha value is -3.94. The van der Waals surface area contributed by atoms with E-state index in [9.17, 15) is 18.4 Å². The van der Waals surface area contributed by atoms with Crippen molar-refractivity contribution in [2.45, 2.75) is 19.6 Å². The maximum absolute atomic E-state index is 12.4. The summed E-state index contributed by atoms with van der Waals surface area (Å²) in [7, 11) is 0. The van der Waals surface area contributed by atoms with Crippen molar-refractivity contribution < 1.29 is 23.1 Å². The predicted octanol–water partition coefficient (Wildman–Crippen LogP) is 5.42. The van der Waals surface area contributed by atoms with E-state index in [1.54, 1.807) is 67.6 Å². The summed E-state index contributed by atoms with van der Waals surface area (Å²) in [5.41, 5.74) is 2.13. The molecule has 1 atom stereocenters. The van der Waals surface area contributed by atoms with Crippen molar-refractivity contribution in [3.63, 3.8) is 0 Å².